The van der Waals surface area contributed by atoms with E-state index in [1.54, 1.807) is 6.33 Å². The predicted octanol–water partition coefficient (Wildman–Crippen LogP) is 0.638. The lowest BCUT2D eigenvalue weighted by molar-refractivity contribution is -0.128. The van der Waals surface area contributed by atoms with E-state index in [9.17, 15) is 4.79 Å². The van der Waals surface area contributed by atoms with Gasteiger partial charge < -0.3 is 14.6 Å². The number of hydrogen-bond acceptors (Lipinski definition) is 7. The molecule has 1 amide bonds. The lowest BCUT2D eigenvalue weighted by atomic mass is 10.1. The molecule has 0 aromatic carbocycles. The fourth-order valence-corrected chi connectivity index (χ4v) is 3.87. The molecule has 10 heteroatoms. The zero-order chi connectivity index (χ0) is 20.0. The molecule has 0 aliphatic carbocycles. The van der Waals surface area contributed by atoms with Crippen molar-refractivity contribution in [3.63, 3.8) is 0 Å². The largest absolute Gasteiger partial charge is 0.367 e. The molecule has 29 heavy (non-hydrogen) atoms. The molecular weight excluding hydrogens is 372 g/mol. The van der Waals surface area contributed by atoms with E-state index in [0.717, 1.165) is 29.5 Å². The van der Waals surface area contributed by atoms with E-state index < -0.39 is 0 Å². The Morgan fingerprint density at radius 3 is 3.00 bits per heavy atom. The summed E-state index contributed by atoms with van der Waals surface area (Å²) < 4.78 is 10.0. The highest BCUT2D eigenvalue weighted by Gasteiger charge is 2.30. The second-order valence-corrected chi connectivity index (χ2v) is 7.60. The minimum atomic E-state index is -0.163. The summed E-state index contributed by atoms with van der Waals surface area (Å²) >= 11 is 0. The molecule has 0 saturated carbocycles. The molecule has 1 N–H and O–H groups in total. The molecule has 2 aromatic heterocycles. The van der Waals surface area contributed by atoms with Gasteiger partial charge in [0, 0.05) is 49.8 Å². The van der Waals surface area contributed by atoms with Crippen LogP contribution < -0.4 is 5.32 Å². The highest BCUT2D eigenvalue weighted by atomic mass is 16.5. The average molecular weight is 396 g/mol. The summed E-state index contributed by atoms with van der Waals surface area (Å²) in [5, 5.41) is 11.2. The number of imidazole rings is 1. The van der Waals surface area contributed by atoms with Crippen LogP contribution in [-0.4, -0.2) is 72.6 Å². The fraction of sp³-hybridized carbons (Fsp3) is 0.474. The summed E-state index contributed by atoms with van der Waals surface area (Å²) in [5.74, 6) is 1.64. The van der Waals surface area contributed by atoms with Crippen LogP contribution in [0.25, 0.3) is 17.1 Å². The van der Waals surface area contributed by atoms with Crippen molar-refractivity contribution in [3.05, 3.63) is 36.8 Å². The molecule has 1 atom stereocenters. The third-order valence-corrected chi connectivity index (χ3v) is 5.29. The SMILES string of the molecule is CC(C)n1ncnc1-c1cn2c(n1)C1=CN(N3CCNC(=O)C3)C=CC1OCC2. The van der Waals surface area contributed by atoms with Gasteiger partial charge in [-0.3, -0.25) is 9.80 Å². The van der Waals surface area contributed by atoms with Crippen molar-refractivity contribution in [2.45, 2.75) is 32.5 Å². The molecule has 1 saturated heterocycles. The van der Waals surface area contributed by atoms with Crippen molar-refractivity contribution >= 4 is 11.5 Å². The summed E-state index contributed by atoms with van der Waals surface area (Å²) in [7, 11) is 0. The summed E-state index contributed by atoms with van der Waals surface area (Å²) in [6.45, 7) is 7.17. The first kappa shape index (κ1) is 18.1. The normalized spacial score (nSPS) is 22.2. The first-order valence-corrected chi connectivity index (χ1v) is 9.89. The number of amides is 1. The van der Waals surface area contributed by atoms with Gasteiger partial charge in [-0.2, -0.15) is 5.10 Å². The molecule has 5 heterocycles. The number of fused-ring (bicyclic) bond motifs is 3. The molecule has 0 spiro atoms. The number of carbonyl (C=O) groups excluding carboxylic acids is 1. The molecule has 2 aromatic rings. The topological polar surface area (TPSA) is 93.3 Å². The van der Waals surface area contributed by atoms with Crippen LogP contribution in [0.1, 0.15) is 25.7 Å². The lowest BCUT2D eigenvalue weighted by Gasteiger charge is -2.36. The Morgan fingerprint density at radius 1 is 1.28 bits per heavy atom. The van der Waals surface area contributed by atoms with E-state index in [4.69, 9.17) is 9.72 Å². The van der Waals surface area contributed by atoms with Crippen LogP contribution in [0.5, 0.6) is 0 Å². The number of rotatable bonds is 3. The maximum atomic E-state index is 11.8. The molecule has 152 valence electrons. The third kappa shape index (κ3) is 3.23. The van der Waals surface area contributed by atoms with Gasteiger partial charge in [-0.05, 0) is 19.9 Å². The first-order valence-electron chi connectivity index (χ1n) is 9.89. The minimum absolute atomic E-state index is 0.0269. The molecular formula is C19H24N8O2. The van der Waals surface area contributed by atoms with Crippen LogP contribution in [0.15, 0.2) is 31.0 Å². The Labute approximate surface area is 168 Å². The number of aromatic nitrogens is 5. The maximum Gasteiger partial charge on any atom is 0.236 e. The Morgan fingerprint density at radius 2 is 2.17 bits per heavy atom. The van der Waals surface area contributed by atoms with E-state index in [1.165, 1.54) is 0 Å². The van der Waals surface area contributed by atoms with Crippen molar-refractivity contribution in [1.82, 2.24) is 39.7 Å². The van der Waals surface area contributed by atoms with Gasteiger partial charge in [0.1, 0.15) is 23.9 Å². The van der Waals surface area contributed by atoms with Gasteiger partial charge in [0.15, 0.2) is 5.82 Å². The molecule has 5 rings (SSSR count). The standard InChI is InChI=1S/C19H24N8O2/c1-13(2)27-19(21-12-22-27)15-10-24-7-8-29-16-3-5-25(9-14(16)18(24)23-15)26-6-4-20-17(28)11-26/h3,5,9-10,12-13,16H,4,6-8,11H2,1-2H3,(H,20,28). The molecule has 10 nitrogen and oxygen atoms in total. The zero-order valence-electron chi connectivity index (χ0n) is 16.5. The van der Waals surface area contributed by atoms with Gasteiger partial charge in [-0.15, -0.1) is 0 Å². The maximum absolute atomic E-state index is 11.8. The van der Waals surface area contributed by atoms with Gasteiger partial charge in [-0.1, -0.05) is 0 Å². The number of carbonyl (C=O) groups is 1. The Kier molecular flexibility index (Phi) is 4.44. The first-order chi connectivity index (χ1) is 14.1. The van der Waals surface area contributed by atoms with Crippen molar-refractivity contribution in [1.29, 1.82) is 0 Å². The quantitative estimate of drug-likeness (QED) is 0.814. The number of hydrogen-bond donors (Lipinski definition) is 1. The Balaban J connectivity index is 1.52. The number of ether oxygens (including phenoxy) is 1. The van der Waals surface area contributed by atoms with Crippen molar-refractivity contribution in [2.24, 2.45) is 0 Å². The van der Waals surface area contributed by atoms with Crippen LogP contribution in [-0.2, 0) is 16.1 Å². The smallest absolute Gasteiger partial charge is 0.236 e. The lowest BCUT2D eigenvalue weighted by Crippen LogP contribution is -2.52. The second kappa shape index (κ2) is 7.12. The van der Waals surface area contributed by atoms with Crippen LogP contribution in [0.3, 0.4) is 0 Å². The number of piperazine rings is 1. The van der Waals surface area contributed by atoms with E-state index in [-0.39, 0.29) is 18.1 Å². The Hall–Kier alpha value is -2.98. The van der Waals surface area contributed by atoms with Gasteiger partial charge in [-0.25, -0.2) is 19.7 Å². The van der Waals surface area contributed by atoms with E-state index >= 15 is 0 Å². The van der Waals surface area contributed by atoms with Gasteiger partial charge >= 0.3 is 0 Å². The summed E-state index contributed by atoms with van der Waals surface area (Å²) in [6.07, 6.45) is 9.41. The second-order valence-electron chi connectivity index (χ2n) is 7.60. The van der Waals surface area contributed by atoms with E-state index in [2.05, 4.69) is 33.8 Å². The molecule has 1 fully saturated rings. The van der Waals surface area contributed by atoms with Crippen molar-refractivity contribution in [3.8, 4) is 11.5 Å². The van der Waals surface area contributed by atoms with Crippen LogP contribution in [0.2, 0.25) is 0 Å². The summed E-state index contributed by atoms with van der Waals surface area (Å²) in [5.41, 5.74) is 1.77. The highest BCUT2D eigenvalue weighted by molar-refractivity contribution is 5.78. The zero-order valence-corrected chi connectivity index (χ0v) is 16.5. The van der Waals surface area contributed by atoms with Gasteiger partial charge in [0.25, 0.3) is 0 Å². The summed E-state index contributed by atoms with van der Waals surface area (Å²) in [4.78, 5) is 21.1. The average Bonchev–Trinajstić information content (AvgIpc) is 3.32. The third-order valence-electron chi connectivity index (χ3n) is 5.29. The van der Waals surface area contributed by atoms with Gasteiger partial charge in [0.2, 0.25) is 5.91 Å². The molecule has 0 bridgehead atoms. The van der Waals surface area contributed by atoms with Gasteiger partial charge in [0.05, 0.1) is 13.2 Å². The molecule has 0 radical (unpaired) electrons. The number of nitrogens with one attached hydrogen (secondary N) is 1. The van der Waals surface area contributed by atoms with Crippen molar-refractivity contribution < 1.29 is 9.53 Å². The van der Waals surface area contributed by atoms with Crippen LogP contribution in [0, 0.1) is 0 Å². The monoisotopic (exact) mass is 396 g/mol. The predicted molar refractivity (Wildman–Crippen MR) is 105 cm³/mol. The summed E-state index contributed by atoms with van der Waals surface area (Å²) in [6, 6.07) is 0.197. The van der Waals surface area contributed by atoms with Crippen molar-refractivity contribution in [2.75, 3.05) is 26.2 Å². The van der Waals surface area contributed by atoms with Crippen LogP contribution in [0.4, 0.5) is 0 Å². The number of nitrogens with zero attached hydrogens (tertiary/aromatic N) is 7. The van der Waals surface area contributed by atoms with E-state index in [1.807, 2.05) is 39.4 Å². The van der Waals surface area contributed by atoms with E-state index in [0.29, 0.717) is 26.2 Å². The molecule has 3 aliphatic heterocycles. The fourth-order valence-electron chi connectivity index (χ4n) is 3.87. The van der Waals surface area contributed by atoms with Crippen LogP contribution >= 0.6 is 0 Å². The molecule has 3 aliphatic rings. The number of hydrazine groups is 1. The highest BCUT2D eigenvalue weighted by Crippen LogP contribution is 2.31. The molecule has 1 unspecified atom stereocenters. The Bertz CT molecular complexity index is 988. The minimum Gasteiger partial charge on any atom is -0.367 e.